The van der Waals surface area contributed by atoms with E-state index in [1.165, 1.54) is 4.90 Å². The molecule has 3 aliphatic heterocycles. The molecule has 38 heavy (non-hydrogen) atoms. The van der Waals surface area contributed by atoms with E-state index in [2.05, 4.69) is 12.1 Å². The molecule has 0 radical (unpaired) electrons. The van der Waals surface area contributed by atoms with Crippen LogP contribution in [0.2, 0.25) is 0 Å². The Balaban J connectivity index is 1.34. The molecule has 7 nitrogen and oxygen atoms in total. The Kier molecular flexibility index (Phi) is 5.84. The molecular formula is C31H25N3O4. The number of hydrogen-bond donors (Lipinski definition) is 0. The van der Waals surface area contributed by atoms with Crippen LogP contribution in [0, 0.1) is 34.5 Å². The van der Waals surface area contributed by atoms with Crippen molar-refractivity contribution < 1.29 is 19.1 Å². The third kappa shape index (κ3) is 3.55. The summed E-state index contributed by atoms with van der Waals surface area (Å²) in [5, 5.41) is 20.2. The maximum Gasteiger partial charge on any atom is 0.241 e. The molecule has 2 amide bonds. The van der Waals surface area contributed by atoms with Gasteiger partial charge in [0.2, 0.25) is 11.8 Å². The van der Waals surface area contributed by atoms with Crippen molar-refractivity contribution in [3.63, 3.8) is 0 Å². The molecule has 7 heteroatoms. The minimum absolute atomic E-state index is 0.204. The van der Waals surface area contributed by atoms with E-state index in [-0.39, 0.29) is 18.2 Å². The minimum Gasteiger partial charge on any atom is -0.377 e. The molecular weight excluding hydrogens is 478 g/mol. The molecule has 0 saturated carbocycles. The summed E-state index contributed by atoms with van der Waals surface area (Å²) in [6, 6.07) is 24.8. The minimum atomic E-state index is -1.01. The Morgan fingerprint density at radius 3 is 2.18 bits per heavy atom. The van der Waals surface area contributed by atoms with E-state index in [1.807, 2.05) is 66.7 Å². The molecule has 6 rings (SSSR count). The first-order valence-corrected chi connectivity index (χ1v) is 12.7. The van der Waals surface area contributed by atoms with Gasteiger partial charge in [-0.1, -0.05) is 66.7 Å². The van der Waals surface area contributed by atoms with Crippen molar-refractivity contribution in [3.8, 4) is 12.1 Å². The second-order valence-electron chi connectivity index (χ2n) is 10.0. The number of imide groups is 1. The summed E-state index contributed by atoms with van der Waals surface area (Å²) in [6.45, 7) is 0.780. The van der Waals surface area contributed by atoms with E-state index in [1.54, 1.807) is 12.1 Å². The molecule has 3 aromatic rings. The van der Waals surface area contributed by atoms with Gasteiger partial charge in [0.25, 0.3) is 0 Å². The van der Waals surface area contributed by atoms with Crippen molar-refractivity contribution >= 4 is 28.3 Å². The number of nitrogens with zero attached hydrogens (tertiary/aromatic N) is 3. The molecule has 4 atom stereocenters. The van der Waals surface area contributed by atoms with Gasteiger partial charge in [-0.3, -0.25) is 9.59 Å². The summed E-state index contributed by atoms with van der Waals surface area (Å²) < 4.78 is 12.5. The van der Waals surface area contributed by atoms with Gasteiger partial charge in [0.05, 0.1) is 48.4 Å². The first-order chi connectivity index (χ1) is 18.5. The molecule has 2 fully saturated rings. The van der Waals surface area contributed by atoms with Crippen molar-refractivity contribution in [1.29, 1.82) is 10.5 Å². The predicted octanol–water partition coefficient (Wildman–Crippen LogP) is 4.81. The Bertz CT molecular complexity index is 1550. The lowest BCUT2D eigenvalue weighted by atomic mass is 9.69. The lowest BCUT2D eigenvalue weighted by Gasteiger charge is -2.30. The van der Waals surface area contributed by atoms with Crippen molar-refractivity contribution in [3.05, 3.63) is 90.0 Å². The molecule has 2 saturated heterocycles. The van der Waals surface area contributed by atoms with Gasteiger partial charge in [-0.25, -0.2) is 4.90 Å². The summed E-state index contributed by atoms with van der Waals surface area (Å²) in [5.41, 5.74) is -0.00295. The van der Waals surface area contributed by atoms with Crippen LogP contribution < -0.4 is 4.90 Å². The fourth-order valence-electron chi connectivity index (χ4n) is 6.33. The van der Waals surface area contributed by atoms with Crippen LogP contribution in [0.3, 0.4) is 0 Å². The van der Waals surface area contributed by atoms with Crippen molar-refractivity contribution in [1.82, 2.24) is 0 Å². The Hall–Kier alpha value is -4.30. The van der Waals surface area contributed by atoms with E-state index in [0.717, 1.165) is 5.56 Å². The topological polar surface area (TPSA) is 103 Å². The molecule has 3 heterocycles. The number of ether oxygens (including phenoxy) is 2. The molecule has 0 N–H and O–H groups in total. The lowest BCUT2D eigenvalue weighted by molar-refractivity contribution is -0.131. The van der Waals surface area contributed by atoms with Crippen LogP contribution in [0.4, 0.5) is 5.69 Å². The Morgan fingerprint density at radius 2 is 1.50 bits per heavy atom. The second-order valence-corrected chi connectivity index (χ2v) is 10.0. The molecule has 0 aliphatic carbocycles. The van der Waals surface area contributed by atoms with Crippen LogP contribution in [0.25, 0.3) is 10.8 Å². The monoisotopic (exact) mass is 503 g/mol. The van der Waals surface area contributed by atoms with Gasteiger partial charge in [-0.2, -0.15) is 10.5 Å². The Morgan fingerprint density at radius 1 is 0.842 bits per heavy atom. The molecule has 0 unspecified atom stereocenters. The SMILES string of the molecule is N#CCC[C@@]12C=C[C@@](CCOCc3ccccc3)(O1)[C@H]1C(=O)N(c3ccc(C#N)c4ccccc34)C(=O)[C@H]12. The number of nitriles is 2. The maximum atomic E-state index is 14.1. The van der Waals surface area contributed by atoms with Crippen LogP contribution >= 0.6 is 0 Å². The maximum absolute atomic E-state index is 14.1. The van der Waals surface area contributed by atoms with Crippen LogP contribution in [0.5, 0.6) is 0 Å². The Labute approximate surface area is 220 Å². The molecule has 0 aromatic heterocycles. The van der Waals surface area contributed by atoms with Gasteiger partial charge < -0.3 is 9.47 Å². The summed E-state index contributed by atoms with van der Waals surface area (Å²) >= 11 is 0. The number of fused-ring (bicyclic) bond motifs is 6. The smallest absolute Gasteiger partial charge is 0.241 e. The molecule has 188 valence electrons. The van der Waals surface area contributed by atoms with Crippen molar-refractivity contribution in [2.75, 3.05) is 11.5 Å². The quantitative estimate of drug-likeness (QED) is 0.248. The summed E-state index contributed by atoms with van der Waals surface area (Å²) in [7, 11) is 0. The number of hydrogen-bond acceptors (Lipinski definition) is 6. The van der Waals surface area contributed by atoms with Crippen LogP contribution in [0.15, 0.2) is 78.9 Å². The normalized spacial score (nSPS) is 27.1. The highest BCUT2D eigenvalue weighted by Gasteiger charge is 2.73. The fourth-order valence-corrected chi connectivity index (χ4v) is 6.33. The molecule has 2 bridgehead atoms. The number of anilines is 1. The number of carbonyl (C=O) groups excluding carboxylic acids is 2. The van der Waals surface area contributed by atoms with Crippen molar-refractivity contribution in [2.24, 2.45) is 11.8 Å². The standard InChI is InChI=1S/C31H25N3O4/c32-17-6-13-30-14-15-31(38-30,16-18-37-20-21-7-2-1-3-8-21)27-26(30)28(35)34(29(27)36)25-12-11-22(19-33)23-9-4-5-10-24(23)25/h1-5,7-12,14-15,26-27H,6,13,16,18,20H2/t26-,27+,30-,31-/m0/s1. The highest BCUT2D eigenvalue weighted by Crippen LogP contribution is 2.60. The molecule has 3 aromatic carbocycles. The van der Waals surface area contributed by atoms with Crippen molar-refractivity contribution in [2.45, 2.75) is 37.1 Å². The average Bonchev–Trinajstić information content (AvgIpc) is 3.56. The number of rotatable bonds is 8. The summed E-state index contributed by atoms with van der Waals surface area (Å²) in [5.74, 6) is -2.09. The van der Waals surface area contributed by atoms with E-state index in [4.69, 9.17) is 9.47 Å². The highest BCUT2D eigenvalue weighted by molar-refractivity contribution is 6.26. The molecule has 3 aliphatic rings. The lowest BCUT2D eigenvalue weighted by Crippen LogP contribution is -2.42. The third-order valence-electron chi connectivity index (χ3n) is 8.03. The van der Waals surface area contributed by atoms with Gasteiger partial charge in [-0.05, 0) is 24.1 Å². The first-order valence-electron chi connectivity index (χ1n) is 12.7. The zero-order valence-corrected chi connectivity index (χ0v) is 20.7. The zero-order valence-electron chi connectivity index (χ0n) is 20.7. The number of carbonyl (C=O) groups is 2. The van der Waals surface area contributed by atoms with E-state index >= 15 is 0 Å². The van der Waals surface area contributed by atoms with Gasteiger partial charge in [0.1, 0.15) is 11.2 Å². The highest BCUT2D eigenvalue weighted by atomic mass is 16.5. The van der Waals surface area contributed by atoms with Gasteiger partial charge >= 0.3 is 0 Å². The molecule has 0 spiro atoms. The second kappa shape index (κ2) is 9.22. The van der Waals surface area contributed by atoms with E-state index < -0.39 is 23.0 Å². The number of benzene rings is 3. The van der Waals surface area contributed by atoms with E-state index in [0.29, 0.717) is 48.1 Å². The summed E-state index contributed by atoms with van der Waals surface area (Å²) in [4.78, 5) is 29.4. The van der Waals surface area contributed by atoms with Crippen LogP contribution in [-0.4, -0.2) is 29.6 Å². The zero-order chi connectivity index (χ0) is 26.3. The van der Waals surface area contributed by atoms with E-state index in [9.17, 15) is 20.1 Å². The van der Waals surface area contributed by atoms with Gasteiger partial charge in [0, 0.05) is 23.6 Å². The van der Waals surface area contributed by atoms with Gasteiger partial charge in [-0.15, -0.1) is 0 Å². The first kappa shape index (κ1) is 24.1. The largest absolute Gasteiger partial charge is 0.377 e. The fraction of sp³-hybridized carbons (Fsp3) is 0.290. The number of amides is 2. The summed E-state index contributed by atoms with van der Waals surface area (Å²) in [6.07, 6.45) is 4.73. The van der Waals surface area contributed by atoms with Crippen LogP contribution in [0.1, 0.15) is 30.4 Å². The third-order valence-corrected chi connectivity index (χ3v) is 8.03. The van der Waals surface area contributed by atoms with Gasteiger partial charge in [0.15, 0.2) is 0 Å². The predicted molar refractivity (Wildman–Crippen MR) is 139 cm³/mol. The van der Waals surface area contributed by atoms with Crippen LogP contribution in [-0.2, 0) is 25.7 Å². The average molecular weight is 504 g/mol.